The van der Waals surface area contributed by atoms with Crippen LogP contribution in [0.1, 0.15) is 34.2 Å². The Morgan fingerprint density at radius 1 is 1.16 bits per heavy atom. The first kappa shape index (κ1) is 14.3. The number of rotatable bonds is 1. The third-order valence-corrected chi connectivity index (χ3v) is 4.66. The molecule has 0 radical (unpaired) electrons. The van der Waals surface area contributed by atoms with Crippen LogP contribution in [0.5, 0.6) is 0 Å². The molecule has 2 nitrogen and oxygen atoms in total. The molecule has 0 N–H and O–H groups in total. The zero-order valence-electron chi connectivity index (χ0n) is 11.2. The molecule has 0 amide bonds. The molecule has 1 atom stereocenters. The minimum Gasteiger partial charge on any atom is -1.00 e. The number of halogens is 1. The Morgan fingerprint density at radius 2 is 1.84 bits per heavy atom. The molecule has 0 aliphatic carbocycles. The van der Waals surface area contributed by atoms with Gasteiger partial charge in [0.1, 0.15) is 0 Å². The van der Waals surface area contributed by atoms with Crippen LogP contribution in [0.4, 0.5) is 0 Å². The van der Waals surface area contributed by atoms with Crippen LogP contribution in [0.15, 0.2) is 30.3 Å². The van der Waals surface area contributed by atoms with E-state index < -0.39 is 0 Å². The quantitative estimate of drug-likeness (QED) is 0.698. The summed E-state index contributed by atoms with van der Waals surface area (Å²) >= 11 is 1.82. The Morgan fingerprint density at radius 3 is 2.53 bits per heavy atom. The second-order valence-electron chi connectivity index (χ2n) is 4.57. The van der Waals surface area contributed by atoms with Crippen molar-refractivity contribution in [2.24, 2.45) is 0 Å². The lowest BCUT2D eigenvalue weighted by Gasteiger charge is -2.17. The second-order valence-corrected chi connectivity index (χ2v) is 5.81. The summed E-state index contributed by atoms with van der Waals surface area (Å²) < 4.78 is 8.28. The van der Waals surface area contributed by atoms with Crippen LogP contribution in [0.25, 0.3) is 12.0 Å². The van der Waals surface area contributed by atoms with E-state index in [4.69, 9.17) is 4.74 Å². The first-order valence-corrected chi connectivity index (χ1v) is 6.94. The summed E-state index contributed by atoms with van der Waals surface area (Å²) in [6.45, 7) is 6.43. The number of hydrogen-bond donors (Lipinski definition) is 0. The minimum absolute atomic E-state index is 0. The van der Waals surface area contributed by atoms with Gasteiger partial charge in [-0.3, -0.25) is 0 Å². The van der Waals surface area contributed by atoms with Gasteiger partial charge >= 0.3 is 0 Å². The Bertz CT molecular complexity index is 619. The van der Waals surface area contributed by atoms with Crippen molar-refractivity contribution in [2.75, 3.05) is 0 Å². The first-order chi connectivity index (χ1) is 8.66. The fraction of sp³-hybridized carbons (Fsp3) is 0.267. The Balaban J connectivity index is 0.00000133. The lowest BCUT2D eigenvalue weighted by molar-refractivity contribution is -0.586. The summed E-state index contributed by atoms with van der Waals surface area (Å²) in [5.41, 5.74) is 2.43. The number of hydrogen-bond acceptors (Lipinski definition) is 2. The van der Waals surface area contributed by atoms with E-state index in [1.165, 1.54) is 15.6 Å². The van der Waals surface area contributed by atoms with E-state index in [9.17, 15) is 0 Å². The fourth-order valence-corrected chi connectivity index (χ4v) is 3.25. The highest BCUT2D eigenvalue weighted by molar-refractivity contribution is 7.11. The van der Waals surface area contributed by atoms with E-state index in [1.54, 1.807) is 0 Å². The van der Waals surface area contributed by atoms with Crippen molar-refractivity contribution in [3.05, 3.63) is 51.5 Å². The molecule has 1 aromatic carbocycles. The third-order valence-electron chi connectivity index (χ3n) is 3.32. The van der Waals surface area contributed by atoms with Gasteiger partial charge in [-0.25, -0.2) is 0 Å². The molecule has 1 unspecified atom stereocenters. The van der Waals surface area contributed by atoms with E-state index in [-0.39, 0.29) is 23.1 Å². The first-order valence-electron chi connectivity index (χ1n) is 6.12. The summed E-state index contributed by atoms with van der Waals surface area (Å²) in [5, 5.41) is 1.27. The maximum Gasteiger partial charge on any atom is 0.284 e. The average molecular weight is 338 g/mol. The SMILES string of the molecule is Cc1sc2[n+](c1C)C=C(c1ccccc1)OC2C.[Br-]. The zero-order valence-corrected chi connectivity index (χ0v) is 13.6. The van der Waals surface area contributed by atoms with Crippen LogP contribution in [0.3, 0.4) is 0 Å². The normalized spacial score (nSPS) is 17.0. The van der Waals surface area contributed by atoms with Gasteiger partial charge < -0.3 is 21.7 Å². The maximum atomic E-state index is 6.02. The van der Waals surface area contributed by atoms with Crippen molar-refractivity contribution >= 4 is 23.3 Å². The average Bonchev–Trinajstić information content (AvgIpc) is 2.68. The molecule has 3 rings (SSSR count). The topological polar surface area (TPSA) is 13.1 Å². The highest BCUT2D eigenvalue weighted by atomic mass is 79.9. The summed E-state index contributed by atoms with van der Waals surface area (Å²) in [5.74, 6) is 0.946. The molecular formula is C15H16BrNOS. The van der Waals surface area contributed by atoms with E-state index in [0.717, 1.165) is 11.3 Å². The molecule has 0 fully saturated rings. The van der Waals surface area contributed by atoms with Crippen molar-refractivity contribution in [2.45, 2.75) is 26.9 Å². The molecule has 0 bridgehead atoms. The van der Waals surface area contributed by atoms with Crippen molar-refractivity contribution in [3.63, 3.8) is 0 Å². The summed E-state index contributed by atoms with van der Waals surface area (Å²) in [4.78, 5) is 1.35. The number of aryl methyl sites for hydroxylation is 1. The van der Waals surface area contributed by atoms with Crippen LogP contribution in [0, 0.1) is 13.8 Å². The Kier molecular flexibility index (Phi) is 4.11. The van der Waals surface area contributed by atoms with E-state index in [2.05, 4.69) is 43.7 Å². The molecule has 1 aromatic heterocycles. The van der Waals surface area contributed by atoms with Gasteiger partial charge in [0, 0.05) is 12.5 Å². The molecule has 2 heterocycles. The molecule has 0 saturated heterocycles. The van der Waals surface area contributed by atoms with Crippen LogP contribution >= 0.6 is 11.3 Å². The Hall–Kier alpha value is -1.13. The highest BCUT2D eigenvalue weighted by Crippen LogP contribution is 2.32. The second kappa shape index (κ2) is 5.47. The monoisotopic (exact) mass is 337 g/mol. The van der Waals surface area contributed by atoms with Crippen LogP contribution < -0.4 is 21.5 Å². The molecule has 0 saturated carbocycles. The van der Waals surface area contributed by atoms with Gasteiger partial charge in [0.2, 0.25) is 6.20 Å². The number of thiazole rings is 1. The molecular weight excluding hydrogens is 322 g/mol. The number of fused-ring (bicyclic) bond motifs is 1. The highest BCUT2D eigenvalue weighted by Gasteiger charge is 2.32. The maximum absolute atomic E-state index is 6.02. The van der Waals surface area contributed by atoms with Gasteiger partial charge in [0.25, 0.3) is 5.01 Å². The van der Waals surface area contributed by atoms with Gasteiger partial charge in [-0.1, -0.05) is 41.7 Å². The largest absolute Gasteiger partial charge is 1.00 e. The van der Waals surface area contributed by atoms with Crippen molar-refractivity contribution in [1.82, 2.24) is 0 Å². The van der Waals surface area contributed by atoms with Crippen molar-refractivity contribution in [3.8, 4) is 0 Å². The van der Waals surface area contributed by atoms with Crippen LogP contribution in [-0.4, -0.2) is 0 Å². The minimum atomic E-state index is 0. The summed E-state index contributed by atoms with van der Waals surface area (Å²) in [7, 11) is 0. The number of nitrogens with zero attached hydrogens (tertiary/aromatic N) is 1. The van der Waals surface area contributed by atoms with Crippen LogP contribution in [-0.2, 0) is 4.74 Å². The molecule has 1 aliphatic heterocycles. The van der Waals surface area contributed by atoms with E-state index in [1.807, 2.05) is 29.5 Å². The predicted octanol–water partition coefficient (Wildman–Crippen LogP) is 0.703. The smallest absolute Gasteiger partial charge is 0.284 e. The molecule has 19 heavy (non-hydrogen) atoms. The summed E-state index contributed by atoms with van der Waals surface area (Å²) in [6, 6.07) is 10.3. The predicted molar refractivity (Wildman–Crippen MR) is 74.1 cm³/mol. The third kappa shape index (κ3) is 2.47. The van der Waals surface area contributed by atoms with Gasteiger partial charge in [0.15, 0.2) is 17.6 Å². The molecule has 4 heteroatoms. The number of aromatic nitrogens is 1. The van der Waals surface area contributed by atoms with Gasteiger partial charge in [-0.15, -0.1) is 0 Å². The Labute approximate surface area is 128 Å². The molecule has 2 aromatic rings. The standard InChI is InChI=1S/C15H16NOS.BrH/c1-10-12(3)18-15-11(2)17-14(9-16(10)15)13-7-5-4-6-8-13;/h4-9,11H,1-3H3;1H/q+1;/p-1. The van der Waals surface area contributed by atoms with Crippen LogP contribution in [0.2, 0.25) is 0 Å². The summed E-state index contributed by atoms with van der Waals surface area (Å²) in [6.07, 6.45) is 2.21. The lowest BCUT2D eigenvalue weighted by Crippen LogP contribution is -3.00. The zero-order chi connectivity index (χ0) is 12.7. The van der Waals surface area contributed by atoms with E-state index in [0.29, 0.717) is 0 Å². The molecule has 100 valence electrons. The fourth-order valence-electron chi connectivity index (χ4n) is 2.19. The number of benzene rings is 1. The molecule has 0 spiro atoms. The number of ether oxygens (including phenoxy) is 1. The van der Waals surface area contributed by atoms with Gasteiger partial charge in [-0.2, -0.15) is 4.57 Å². The van der Waals surface area contributed by atoms with Crippen molar-refractivity contribution < 1.29 is 26.3 Å². The lowest BCUT2D eigenvalue weighted by atomic mass is 10.2. The molecule has 1 aliphatic rings. The van der Waals surface area contributed by atoms with Gasteiger partial charge in [0.05, 0.1) is 4.88 Å². The van der Waals surface area contributed by atoms with Gasteiger partial charge in [-0.05, 0) is 13.8 Å². The van der Waals surface area contributed by atoms with Crippen molar-refractivity contribution in [1.29, 1.82) is 0 Å². The van der Waals surface area contributed by atoms with E-state index >= 15 is 0 Å².